The molecule has 0 aliphatic rings. The Morgan fingerprint density at radius 3 is 2.59 bits per heavy atom. The maximum atomic E-state index is 6.44. The summed E-state index contributed by atoms with van der Waals surface area (Å²) in [7, 11) is 0. The van der Waals surface area contributed by atoms with Crippen molar-refractivity contribution in [1.82, 2.24) is 19.5 Å². The first kappa shape index (κ1) is 16.9. The van der Waals surface area contributed by atoms with E-state index in [1.807, 2.05) is 59.2 Å². The zero-order chi connectivity index (χ0) is 18.8. The lowest BCUT2D eigenvalue weighted by Gasteiger charge is -2.16. The van der Waals surface area contributed by atoms with Gasteiger partial charge in [0.2, 0.25) is 0 Å². The van der Waals surface area contributed by atoms with Crippen molar-refractivity contribution in [2.45, 2.75) is 12.6 Å². The molecular weight excluding hydrogens is 336 g/mol. The monoisotopic (exact) mass is 356 g/mol. The number of hydrogen-bond donors (Lipinski definition) is 2. The Hall–Kier alpha value is -3.51. The Morgan fingerprint density at radius 2 is 1.85 bits per heavy atom. The summed E-state index contributed by atoms with van der Waals surface area (Å²) in [4.78, 5) is 13.8. The van der Waals surface area contributed by atoms with Crippen molar-refractivity contribution >= 4 is 17.0 Å². The number of nitrogens with two attached hydrogens (primary N) is 2. The van der Waals surface area contributed by atoms with E-state index in [9.17, 15) is 0 Å². The second-order valence-corrected chi connectivity index (χ2v) is 6.24. The zero-order valence-electron chi connectivity index (χ0n) is 14.8. The van der Waals surface area contributed by atoms with E-state index < -0.39 is 0 Å². The normalized spacial score (nSPS) is 12.2. The van der Waals surface area contributed by atoms with Gasteiger partial charge in [-0.2, -0.15) is 0 Å². The van der Waals surface area contributed by atoms with Crippen LogP contribution in [-0.2, 0) is 0 Å². The second-order valence-electron chi connectivity index (χ2n) is 6.24. The third-order valence-corrected chi connectivity index (χ3v) is 4.43. The molecule has 3 aromatic heterocycles. The van der Waals surface area contributed by atoms with Crippen molar-refractivity contribution < 1.29 is 0 Å². The van der Waals surface area contributed by atoms with Crippen LogP contribution < -0.4 is 11.5 Å². The van der Waals surface area contributed by atoms with Crippen LogP contribution >= 0.6 is 0 Å². The molecule has 4 rings (SSSR count). The fraction of sp³-hybridized carbons (Fsp3) is 0.0952. The Bertz CT molecular complexity index is 1100. The zero-order valence-corrected chi connectivity index (χ0v) is 14.8. The van der Waals surface area contributed by atoms with Gasteiger partial charge in [-0.15, -0.1) is 6.58 Å². The molecule has 4 N–H and O–H groups in total. The highest BCUT2D eigenvalue weighted by molar-refractivity contribution is 5.82. The van der Waals surface area contributed by atoms with Crippen LogP contribution in [0, 0.1) is 0 Å². The van der Waals surface area contributed by atoms with Crippen molar-refractivity contribution in [2.75, 3.05) is 5.73 Å². The number of anilines is 1. The first-order valence-corrected chi connectivity index (χ1v) is 8.71. The minimum Gasteiger partial charge on any atom is -0.383 e. The largest absolute Gasteiger partial charge is 0.383 e. The second kappa shape index (κ2) is 7.01. The number of benzene rings is 1. The lowest BCUT2D eigenvalue weighted by molar-refractivity contribution is 0.545. The predicted octanol–water partition coefficient (Wildman–Crippen LogP) is 3.78. The summed E-state index contributed by atoms with van der Waals surface area (Å²) in [6, 6.07) is 17.7. The molecule has 134 valence electrons. The molecule has 1 atom stereocenters. The van der Waals surface area contributed by atoms with Crippen molar-refractivity contribution in [3.8, 4) is 22.6 Å². The van der Waals surface area contributed by atoms with Gasteiger partial charge in [0.25, 0.3) is 0 Å². The van der Waals surface area contributed by atoms with Crippen LogP contribution in [0.5, 0.6) is 0 Å². The van der Waals surface area contributed by atoms with Gasteiger partial charge in [0.1, 0.15) is 17.2 Å². The van der Waals surface area contributed by atoms with E-state index in [4.69, 9.17) is 21.4 Å². The molecule has 0 radical (unpaired) electrons. The molecule has 0 aliphatic carbocycles. The van der Waals surface area contributed by atoms with Crippen molar-refractivity contribution in [2.24, 2.45) is 5.73 Å². The Morgan fingerprint density at radius 1 is 1.04 bits per heavy atom. The van der Waals surface area contributed by atoms with Gasteiger partial charge in [0, 0.05) is 11.8 Å². The van der Waals surface area contributed by atoms with Crippen molar-refractivity contribution in [3.63, 3.8) is 0 Å². The van der Waals surface area contributed by atoms with E-state index in [-0.39, 0.29) is 6.17 Å². The van der Waals surface area contributed by atoms with Gasteiger partial charge in [-0.3, -0.25) is 4.57 Å². The number of nitrogen functional groups attached to an aromatic ring is 1. The number of imidazole rings is 1. The number of hydrogen-bond acceptors (Lipinski definition) is 5. The maximum absolute atomic E-state index is 6.44. The van der Waals surface area contributed by atoms with E-state index in [1.165, 1.54) is 0 Å². The highest BCUT2D eigenvalue weighted by Gasteiger charge is 2.20. The maximum Gasteiger partial charge on any atom is 0.162 e. The number of rotatable bonds is 5. The van der Waals surface area contributed by atoms with Gasteiger partial charge in [-0.25, -0.2) is 15.0 Å². The summed E-state index contributed by atoms with van der Waals surface area (Å²) in [6.07, 6.45) is 3.66. The van der Waals surface area contributed by atoms with E-state index in [1.54, 1.807) is 12.3 Å². The fourth-order valence-corrected chi connectivity index (χ4v) is 3.13. The first-order chi connectivity index (χ1) is 13.2. The molecule has 3 heterocycles. The molecule has 0 spiro atoms. The highest BCUT2D eigenvalue weighted by Crippen LogP contribution is 2.31. The summed E-state index contributed by atoms with van der Waals surface area (Å²) in [6.45, 7) is 3.80. The molecule has 0 bridgehead atoms. The van der Waals surface area contributed by atoms with Crippen LogP contribution in [0.25, 0.3) is 33.8 Å². The smallest absolute Gasteiger partial charge is 0.162 e. The van der Waals surface area contributed by atoms with E-state index >= 15 is 0 Å². The van der Waals surface area contributed by atoms with Crippen LogP contribution in [0.15, 0.2) is 73.4 Å². The summed E-state index contributed by atoms with van der Waals surface area (Å²) in [5.74, 6) is 1.06. The lowest BCUT2D eigenvalue weighted by atomic mass is 10.1. The minimum atomic E-state index is -0.361. The summed E-state index contributed by atoms with van der Waals surface area (Å²) < 4.78 is 1.91. The van der Waals surface area contributed by atoms with Gasteiger partial charge in [-0.05, 0) is 30.7 Å². The highest BCUT2D eigenvalue weighted by atomic mass is 15.2. The van der Waals surface area contributed by atoms with Gasteiger partial charge in [-0.1, -0.05) is 36.4 Å². The third kappa shape index (κ3) is 3.07. The molecule has 27 heavy (non-hydrogen) atoms. The Labute approximate surface area is 157 Å². The van der Waals surface area contributed by atoms with Crippen LogP contribution in [0.4, 0.5) is 5.82 Å². The molecule has 1 aromatic carbocycles. The van der Waals surface area contributed by atoms with Crippen molar-refractivity contribution in [3.05, 3.63) is 73.4 Å². The molecule has 6 nitrogen and oxygen atoms in total. The van der Waals surface area contributed by atoms with E-state index in [0.717, 1.165) is 22.3 Å². The first-order valence-electron chi connectivity index (χ1n) is 8.71. The molecule has 0 saturated carbocycles. The predicted molar refractivity (Wildman–Crippen MR) is 109 cm³/mol. The average Bonchev–Trinajstić information content (AvgIpc) is 3.07. The van der Waals surface area contributed by atoms with Crippen molar-refractivity contribution in [1.29, 1.82) is 0 Å². The third-order valence-electron chi connectivity index (χ3n) is 4.43. The summed E-state index contributed by atoms with van der Waals surface area (Å²) in [5, 5.41) is 0. The fourth-order valence-electron chi connectivity index (χ4n) is 3.13. The molecule has 1 unspecified atom stereocenters. The molecule has 0 aliphatic heterocycles. The topological polar surface area (TPSA) is 95.6 Å². The van der Waals surface area contributed by atoms with Gasteiger partial charge >= 0.3 is 0 Å². The standard InChI is InChI=1S/C21H20N6/c1-2-7-18(22)27-20(15-10-6-13-24-19(15)23)26-17-12-11-16(25-21(17)27)14-8-4-3-5-9-14/h2-6,8-13,18H,1,7,22H2,(H2,23,24). The molecule has 0 amide bonds. The molecule has 0 saturated heterocycles. The number of pyridine rings is 2. The molecule has 4 aromatic rings. The van der Waals surface area contributed by atoms with Crippen LogP contribution in [0.1, 0.15) is 12.6 Å². The Balaban J connectivity index is 1.97. The van der Waals surface area contributed by atoms with E-state index in [2.05, 4.69) is 11.6 Å². The number of nitrogens with zero attached hydrogens (tertiary/aromatic N) is 4. The van der Waals surface area contributed by atoms with Gasteiger partial charge < -0.3 is 11.5 Å². The quantitative estimate of drug-likeness (QED) is 0.531. The Kier molecular flexibility index (Phi) is 4.40. The summed E-state index contributed by atoms with van der Waals surface area (Å²) >= 11 is 0. The lowest BCUT2D eigenvalue weighted by Crippen LogP contribution is -2.19. The minimum absolute atomic E-state index is 0.361. The van der Waals surface area contributed by atoms with E-state index in [0.29, 0.717) is 23.7 Å². The van der Waals surface area contributed by atoms with Crippen LogP contribution in [-0.4, -0.2) is 19.5 Å². The number of aromatic nitrogens is 4. The van der Waals surface area contributed by atoms with Gasteiger partial charge in [0.05, 0.1) is 17.4 Å². The molecule has 6 heteroatoms. The number of fused-ring (bicyclic) bond motifs is 1. The van der Waals surface area contributed by atoms with Crippen LogP contribution in [0.3, 0.4) is 0 Å². The molecular formula is C21H20N6. The van der Waals surface area contributed by atoms with Gasteiger partial charge in [0.15, 0.2) is 5.65 Å². The average molecular weight is 356 g/mol. The molecule has 0 fully saturated rings. The van der Waals surface area contributed by atoms with Crippen LogP contribution in [0.2, 0.25) is 0 Å². The SMILES string of the molecule is C=CCC(N)n1c(-c2cccnc2N)nc2ccc(-c3ccccc3)nc21. The summed E-state index contributed by atoms with van der Waals surface area (Å²) in [5.41, 5.74) is 16.6.